The van der Waals surface area contributed by atoms with Crippen LogP contribution in [0.1, 0.15) is 37.7 Å². The zero-order valence-electron chi connectivity index (χ0n) is 16.4. The van der Waals surface area contributed by atoms with Gasteiger partial charge in [-0.3, -0.25) is 4.79 Å². The number of aromatic nitrogens is 1. The van der Waals surface area contributed by atoms with Crippen LogP contribution >= 0.6 is 11.8 Å². The summed E-state index contributed by atoms with van der Waals surface area (Å²) in [6.45, 7) is 3.42. The molecule has 0 radical (unpaired) electrons. The van der Waals surface area contributed by atoms with E-state index in [4.69, 9.17) is 14.0 Å². The Kier molecular flexibility index (Phi) is 6.72. The van der Waals surface area contributed by atoms with Crippen LogP contribution < -0.4 is 4.74 Å². The standard InChI is InChI=1S/C22H21NO5S/c1-14-19(15(2)28-23-14)13-29-21-7-5-4-6-18(21)22(25)27-12-20(24)16-8-10-17(26-3)11-9-16/h4-11H,12-13H2,1-3H3. The number of hydrogen-bond donors (Lipinski definition) is 0. The Morgan fingerprint density at radius 2 is 1.79 bits per heavy atom. The molecule has 0 unspecified atom stereocenters. The average molecular weight is 411 g/mol. The quantitative estimate of drug-likeness (QED) is 0.304. The van der Waals surface area contributed by atoms with Crippen molar-refractivity contribution in [2.45, 2.75) is 24.5 Å². The minimum Gasteiger partial charge on any atom is -0.497 e. The fourth-order valence-corrected chi connectivity index (χ4v) is 3.88. The maximum atomic E-state index is 12.6. The largest absolute Gasteiger partial charge is 0.497 e. The van der Waals surface area contributed by atoms with E-state index < -0.39 is 5.97 Å². The summed E-state index contributed by atoms with van der Waals surface area (Å²) >= 11 is 1.50. The molecular weight excluding hydrogens is 390 g/mol. The lowest BCUT2D eigenvalue weighted by molar-refractivity contribution is 0.0471. The minimum absolute atomic E-state index is 0.276. The van der Waals surface area contributed by atoms with Crippen molar-refractivity contribution in [3.8, 4) is 5.75 Å². The lowest BCUT2D eigenvalue weighted by atomic mass is 10.1. The molecule has 2 aromatic carbocycles. The third-order valence-electron chi connectivity index (χ3n) is 4.41. The Bertz CT molecular complexity index is 991. The van der Waals surface area contributed by atoms with Crippen molar-refractivity contribution < 1.29 is 23.6 Å². The van der Waals surface area contributed by atoms with E-state index >= 15 is 0 Å². The van der Waals surface area contributed by atoms with E-state index in [0.717, 1.165) is 21.9 Å². The first-order chi connectivity index (χ1) is 14.0. The summed E-state index contributed by atoms with van der Waals surface area (Å²) in [6.07, 6.45) is 0. The van der Waals surface area contributed by atoms with E-state index in [1.54, 1.807) is 43.5 Å². The predicted octanol–water partition coefficient (Wildman–Crippen LogP) is 4.63. The van der Waals surface area contributed by atoms with Crippen LogP contribution in [0.2, 0.25) is 0 Å². The minimum atomic E-state index is -0.534. The van der Waals surface area contributed by atoms with Gasteiger partial charge in [-0.2, -0.15) is 0 Å². The summed E-state index contributed by atoms with van der Waals surface area (Å²) < 4.78 is 15.5. The van der Waals surface area contributed by atoms with Crippen LogP contribution in [0.25, 0.3) is 0 Å². The molecule has 0 saturated heterocycles. The van der Waals surface area contributed by atoms with Crippen LogP contribution in [0, 0.1) is 13.8 Å². The Morgan fingerprint density at radius 3 is 2.45 bits per heavy atom. The number of aryl methyl sites for hydroxylation is 2. The summed E-state index contributed by atoms with van der Waals surface area (Å²) in [4.78, 5) is 25.6. The molecule has 0 aliphatic rings. The molecule has 3 aromatic rings. The highest BCUT2D eigenvalue weighted by Gasteiger charge is 2.17. The first-order valence-corrected chi connectivity index (χ1v) is 9.96. The second-order valence-corrected chi connectivity index (χ2v) is 7.33. The van der Waals surface area contributed by atoms with Gasteiger partial charge in [0.05, 0.1) is 18.4 Å². The molecule has 0 N–H and O–H groups in total. The number of carbonyl (C=O) groups excluding carboxylic acids is 2. The number of ether oxygens (including phenoxy) is 2. The molecule has 0 amide bonds. The Hall–Kier alpha value is -3.06. The lowest BCUT2D eigenvalue weighted by Gasteiger charge is -2.09. The molecule has 0 saturated carbocycles. The van der Waals surface area contributed by atoms with E-state index in [1.807, 2.05) is 26.0 Å². The fourth-order valence-electron chi connectivity index (χ4n) is 2.69. The Balaban J connectivity index is 1.64. The van der Waals surface area contributed by atoms with E-state index in [0.29, 0.717) is 22.6 Å². The summed E-state index contributed by atoms with van der Waals surface area (Å²) in [7, 11) is 1.56. The topological polar surface area (TPSA) is 78.6 Å². The molecule has 0 fully saturated rings. The molecule has 0 aliphatic carbocycles. The van der Waals surface area contributed by atoms with E-state index in [-0.39, 0.29) is 12.4 Å². The van der Waals surface area contributed by atoms with Gasteiger partial charge in [-0.05, 0) is 50.2 Å². The predicted molar refractivity (Wildman–Crippen MR) is 110 cm³/mol. The molecule has 0 bridgehead atoms. The van der Waals surface area contributed by atoms with Crippen LogP contribution in [0.5, 0.6) is 5.75 Å². The maximum absolute atomic E-state index is 12.6. The van der Waals surface area contributed by atoms with E-state index in [9.17, 15) is 9.59 Å². The van der Waals surface area contributed by atoms with Gasteiger partial charge in [-0.25, -0.2) is 4.79 Å². The Morgan fingerprint density at radius 1 is 1.07 bits per heavy atom. The van der Waals surface area contributed by atoms with Crippen LogP contribution in [-0.2, 0) is 10.5 Å². The zero-order chi connectivity index (χ0) is 20.8. The smallest absolute Gasteiger partial charge is 0.339 e. The van der Waals surface area contributed by atoms with Crippen molar-refractivity contribution in [1.82, 2.24) is 5.16 Å². The fraction of sp³-hybridized carbons (Fsp3) is 0.227. The van der Waals surface area contributed by atoms with Crippen molar-refractivity contribution in [3.63, 3.8) is 0 Å². The van der Waals surface area contributed by atoms with Gasteiger partial charge in [0.25, 0.3) is 0 Å². The van der Waals surface area contributed by atoms with Crippen molar-refractivity contribution in [2.75, 3.05) is 13.7 Å². The number of esters is 1. The zero-order valence-corrected chi connectivity index (χ0v) is 17.2. The SMILES string of the molecule is COc1ccc(C(=O)COC(=O)c2ccccc2SCc2c(C)noc2C)cc1. The number of hydrogen-bond acceptors (Lipinski definition) is 7. The van der Waals surface area contributed by atoms with Gasteiger partial charge in [0.2, 0.25) is 0 Å². The highest BCUT2D eigenvalue weighted by molar-refractivity contribution is 7.98. The third-order valence-corrected chi connectivity index (χ3v) is 5.51. The molecular formula is C22H21NO5S. The maximum Gasteiger partial charge on any atom is 0.339 e. The van der Waals surface area contributed by atoms with Gasteiger partial charge in [0, 0.05) is 21.8 Å². The van der Waals surface area contributed by atoms with Gasteiger partial charge >= 0.3 is 5.97 Å². The van der Waals surface area contributed by atoms with Crippen molar-refractivity contribution in [2.24, 2.45) is 0 Å². The monoisotopic (exact) mass is 411 g/mol. The normalized spacial score (nSPS) is 10.6. The summed E-state index contributed by atoms with van der Waals surface area (Å²) in [5, 5.41) is 3.95. The third kappa shape index (κ3) is 5.06. The van der Waals surface area contributed by atoms with Crippen LogP contribution in [0.3, 0.4) is 0 Å². The first-order valence-electron chi connectivity index (χ1n) is 8.97. The highest BCUT2D eigenvalue weighted by Crippen LogP contribution is 2.29. The molecule has 29 heavy (non-hydrogen) atoms. The van der Waals surface area contributed by atoms with E-state index in [1.165, 1.54) is 11.8 Å². The number of benzene rings is 2. The van der Waals surface area contributed by atoms with Crippen LogP contribution in [0.15, 0.2) is 57.9 Å². The number of Topliss-reactive ketones (excluding diaryl/α,β-unsaturated/α-hetero) is 1. The number of nitrogens with zero attached hydrogens (tertiary/aromatic N) is 1. The number of carbonyl (C=O) groups is 2. The highest BCUT2D eigenvalue weighted by atomic mass is 32.2. The number of rotatable bonds is 8. The molecule has 0 aliphatic heterocycles. The summed E-state index contributed by atoms with van der Waals surface area (Å²) in [5.74, 6) is 1.23. The molecule has 1 heterocycles. The van der Waals surface area contributed by atoms with E-state index in [2.05, 4.69) is 5.16 Å². The molecule has 3 rings (SSSR count). The Labute approximate surface area is 173 Å². The molecule has 150 valence electrons. The van der Waals surface area contributed by atoms with Crippen molar-refractivity contribution >= 4 is 23.5 Å². The first kappa shape index (κ1) is 20.7. The summed E-state index contributed by atoms with van der Waals surface area (Å²) in [6, 6.07) is 13.8. The molecule has 0 atom stereocenters. The van der Waals surface area contributed by atoms with Crippen LogP contribution in [-0.4, -0.2) is 30.6 Å². The number of methoxy groups -OCH3 is 1. The molecule has 1 aromatic heterocycles. The average Bonchev–Trinajstić information content (AvgIpc) is 3.07. The number of ketones is 1. The lowest BCUT2D eigenvalue weighted by Crippen LogP contribution is -2.14. The van der Waals surface area contributed by atoms with Crippen molar-refractivity contribution in [3.05, 3.63) is 76.7 Å². The van der Waals surface area contributed by atoms with Gasteiger partial charge in [-0.15, -0.1) is 11.8 Å². The molecule has 6 nitrogen and oxygen atoms in total. The van der Waals surface area contributed by atoms with Gasteiger partial charge < -0.3 is 14.0 Å². The molecule has 0 spiro atoms. The van der Waals surface area contributed by atoms with Gasteiger partial charge in [-0.1, -0.05) is 17.3 Å². The van der Waals surface area contributed by atoms with Crippen LogP contribution in [0.4, 0.5) is 0 Å². The second-order valence-electron chi connectivity index (χ2n) is 6.32. The summed E-state index contributed by atoms with van der Waals surface area (Å²) in [5.41, 5.74) is 2.72. The number of thioether (sulfide) groups is 1. The van der Waals surface area contributed by atoms with Gasteiger partial charge in [0.1, 0.15) is 11.5 Å². The molecule has 7 heteroatoms. The van der Waals surface area contributed by atoms with Crippen molar-refractivity contribution in [1.29, 1.82) is 0 Å². The van der Waals surface area contributed by atoms with Gasteiger partial charge in [0.15, 0.2) is 12.4 Å². The second kappa shape index (κ2) is 9.43.